The average Bonchev–Trinajstić information content (AvgIpc) is 2.33. The van der Waals surface area contributed by atoms with Crippen LogP contribution in [-0.2, 0) is 9.59 Å². The van der Waals surface area contributed by atoms with Crippen molar-refractivity contribution >= 4 is 17.7 Å². The summed E-state index contributed by atoms with van der Waals surface area (Å²) in [5, 5.41) is 11.6. The van der Waals surface area contributed by atoms with E-state index in [-0.39, 0.29) is 12.3 Å². The van der Waals surface area contributed by atoms with Crippen LogP contribution in [0.25, 0.3) is 0 Å². The van der Waals surface area contributed by atoms with Gasteiger partial charge in [0.1, 0.15) is 17.8 Å². The Kier molecular flexibility index (Phi) is 3.25. The molecule has 1 heterocycles. The number of rotatable bonds is 1. The fraction of sp³-hybridized carbons (Fsp3) is 0.357. The Morgan fingerprint density at radius 2 is 2.00 bits per heavy atom. The largest absolute Gasteiger partial charge is 0.508 e. The minimum Gasteiger partial charge on any atom is -0.508 e. The highest BCUT2D eigenvalue weighted by Gasteiger charge is 2.43. The van der Waals surface area contributed by atoms with Crippen LogP contribution in [0.5, 0.6) is 5.75 Å². The van der Waals surface area contributed by atoms with E-state index in [0.29, 0.717) is 11.1 Å². The van der Waals surface area contributed by atoms with Crippen molar-refractivity contribution in [2.75, 3.05) is 6.54 Å². The van der Waals surface area contributed by atoms with E-state index in [1.165, 1.54) is 23.1 Å². The number of carbonyl (C=O) groups is 3. The molecule has 0 atom stereocenters. The normalized spacial score (nSPS) is 17.9. The highest BCUT2D eigenvalue weighted by atomic mass is 16.3. The molecule has 6 heteroatoms. The topological polar surface area (TPSA) is 86.7 Å². The van der Waals surface area contributed by atoms with Crippen LogP contribution < -0.4 is 5.32 Å². The van der Waals surface area contributed by atoms with Gasteiger partial charge in [-0.1, -0.05) is 0 Å². The number of carbonyl (C=O) groups excluding carboxylic acids is 3. The summed E-state index contributed by atoms with van der Waals surface area (Å²) in [5.41, 5.74) is -0.155. The van der Waals surface area contributed by atoms with Crippen molar-refractivity contribution in [2.45, 2.75) is 26.3 Å². The van der Waals surface area contributed by atoms with E-state index < -0.39 is 23.3 Å². The van der Waals surface area contributed by atoms with E-state index in [9.17, 15) is 19.5 Å². The number of hydrogen-bond acceptors (Lipinski definition) is 4. The van der Waals surface area contributed by atoms with Gasteiger partial charge in [0.25, 0.3) is 11.8 Å². The Labute approximate surface area is 116 Å². The second kappa shape index (κ2) is 4.63. The summed E-state index contributed by atoms with van der Waals surface area (Å²) >= 11 is 0. The van der Waals surface area contributed by atoms with Crippen molar-refractivity contribution in [1.82, 2.24) is 10.2 Å². The van der Waals surface area contributed by atoms with Crippen molar-refractivity contribution in [3.8, 4) is 5.75 Å². The molecule has 2 rings (SSSR count). The van der Waals surface area contributed by atoms with E-state index >= 15 is 0 Å². The van der Waals surface area contributed by atoms with Gasteiger partial charge in [0, 0.05) is 5.56 Å². The van der Waals surface area contributed by atoms with Crippen LogP contribution in [0.1, 0.15) is 29.8 Å². The first-order valence-corrected chi connectivity index (χ1v) is 6.19. The smallest absolute Gasteiger partial charge is 0.255 e. The molecule has 1 aliphatic heterocycles. The lowest BCUT2D eigenvalue weighted by molar-refractivity contribution is -0.143. The van der Waals surface area contributed by atoms with Gasteiger partial charge in [-0.05, 0) is 44.5 Å². The highest BCUT2D eigenvalue weighted by molar-refractivity contribution is 6.09. The Morgan fingerprint density at radius 1 is 1.35 bits per heavy atom. The molecule has 0 saturated carbocycles. The predicted octanol–water partition coefficient (Wildman–Crippen LogP) is 0.578. The number of phenols is 1. The average molecular weight is 276 g/mol. The molecule has 1 aromatic carbocycles. The number of phenolic OH excluding ortho intramolecular Hbond substituents is 1. The van der Waals surface area contributed by atoms with Crippen LogP contribution in [0.2, 0.25) is 0 Å². The van der Waals surface area contributed by atoms with Crippen molar-refractivity contribution in [2.24, 2.45) is 0 Å². The number of nitrogens with one attached hydrogen (secondary N) is 1. The van der Waals surface area contributed by atoms with Crippen LogP contribution >= 0.6 is 0 Å². The number of aromatic hydroxyl groups is 1. The van der Waals surface area contributed by atoms with Gasteiger partial charge in [-0.2, -0.15) is 0 Å². The van der Waals surface area contributed by atoms with Gasteiger partial charge in [0.15, 0.2) is 0 Å². The zero-order valence-corrected chi connectivity index (χ0v) is 11.6. The van der Waals surface area contributed by atoms with E-state index in [1.807, 2.05) is 0 Å². The monoisotopic (exact) mass is 276 g/mol. The van der Waals surface area contributed by atoms with Crippen LogP contribution in [0.3, 0.4) is 0 Å². The third kappa shape index (κ3) is 2.24. The van der Waals surface area contributed by atoms with Crippen LogP contribution in [0.15, 0.2) is 18.2 Å². The Bertz CT molecular complexity index is 607. The number of amides is 3. The molecule has 0 radical (unpaired) electrons. The number of hydrogen-bond donors (Lipinski definition) is 2. The van der Waals surface area contributed by atoms with Gasteiger partial charge < -0.3 is 10.0 Å². The van der Waals surface area contributed by atoms with E-state index in [1.54, 1.807) is 20.8 Å². The van der Waals surface area contributed by atoms with E-state index in [4.69, 9.17) is 0 Å². The Hall–Kier alpha value is -2.37. The Morgan fingerprint density at radius 3 is 2.60 bits per heavy atom. The lowest BCUT2D eigenvalue weighted by Crippen LogP contribution is -2.65. The summed E-state index contributed by atoms with van der Waals surface area (Å²) in [5.74, 6) is -1.35. The van der Waals surface area contributed by atoms with Gasteiger partial charge in [0.2, 0.25) is 5.91 Å². The maximum Gasteiger partial charge on any atom is 0.255 e. The summed E-state index contributed by atoms with van der Waals surface area (Å²) in [7, 11) is 0. The molecule has 0 spiro atoms. The van der Waals surface area contributed by atoms with Crippen LogP contribution in [-0.4, -0.2) is 39.8 Å². The molecule has 2 N–H and O–H groups in total. The minimum absolute atomic E-state index is 0.0609. The number of piperazine rings is 1. The standard InChI is InChI=1S/C14H16N2O4/c1-8-6-9(17)4-5-10(8)12(19)16-7-11(18)15-13(20)14(16,2)3/h4-6,17H,7H2,1-3H3,(H,15,18,20). The molecule has 0 aliphatic carbocycles. The van der Waals surface area contributed by atoms with Gasteiger partial charge >= 0.3 is 0 Å². The number of nitrogens with zero attached hydrogens (tertiary/aromatic N) is 1. The lowest BCUT2D eigenvalue weighted by atomic mass is 9.96. The van der Waals surface area contributed by atoms with Gasteiger partial charge in [-0.15, -0.1) is 0 Å². The van der Waals surface area contributed by atoms with E-state index in [2.05, 4.69) is 5.32 Å². The molecular weight excluding hydrogens is 260 g/mol. The Balaban J connectivity index is 2.40. The highest BCUT2D eigenvalue weighted by Crippen LogP contribution is 2.24. The lowest BCUT2D eigenvalue weighted by Gasteiger charge is -2.40. The summed E-state index contributed by atoms with van der Waals surface area (Å²) in [4.78, 5) is 37.1. The zero-order valence-electron chi connectivity index (χ0n) is 11.6. The number of imide groups is 1. The third-order valence-electron chi connectivity index (χ3n) is 3.47. The molecule has 1 aliphatic rings. The third-order valence-corrected chi connectivity index (χ3v) is 3.47. The fourth-order valence-electron chi connectivity index (χ4n) is 2.14. The molecule has 1 fully saturated rings. The predicted molar refractivity (Wildman–Crippen MR) is 71.1 cm³/mol. The summed E-state index contributed by atoms with van der Waals surface area (Å²) < 4.78 is 0. The second-order valence-electron chi connectivity index (χ2n) is 5.33. The zero-order chi connectivity index (χ0) is 15.1. The number of benzene rings is 1. The minimum atomic E-state index is -1.10. The first kappa shape index (κ1) is 14.0. The molecule has 1 saturated heterocycles. The fourth-order valence-corrected chi connectivity index (χ4v) is 2.14. The summed E-state index contributed by atoms with van der Waals surface area (Å²) in [6, 6.07) is 4.35. The van der Waals surface area contributed by atoms with Crippen LogP contribution in [0, 0.1) is 6.92 Å². The molecule has 0 bridgehead atoms. The molecule has 3 amide bonds. The maximum atomic E-state index is 12.6. The van der Waals surface area contributed by atoms with Crippen molar-refractivity contribution in [1.29, 1.82) is 0 Å². The SMILES string of the molecule is Cc1cc(O)ccc1C(=O)N1CC(=O)NC(=O)C1(C)C. The quantitative estimate of drug-likeness (QED) is 0.734. The van der Waals surface area contributed by atoms with Crippen LogP contribution in [0.4, 0.5) is 0 Å². The molecule has 106 valence electrons. The van der Waals surface area contributed by atoms with Crippen molar-refractivity contribution in [3.05, 3.63) is 29.3 Å². The van der Waals surface area contributed by atoms with E-state index in [0.717, 1.165) is 0 Å². The molecular formula is C14H16N2O4. The first-order valence-electron chi connectivity index (χ1n) is 6.19. The summed E-state index contributed by atoms with van der Waals surface area (Å²) in [6.07, 6.45) is 0. The van der Waals surface area contributed by atoms with Gasteiger partial charge in [-0.25, -0.2) is 0 Å². The molecule has 6 nitrogen and oxygen atoms in total. The first-order chi connectivity index (χ1) is 9.23. The van der Waals surface area contributed by atoms with Gasteiger partial charge in [-0.3, -0.25) is 19.7 Å². The molecule has 20 heavy (non-hydrogen) atoms. The molecule has 1 aromatic rings. The van der Waals surface area contributed by atoms with Gasteiger partial charge in [0.05, 0.1) is 0 Å². The van der Waals surface area contributed by atoms with Crippen molar-refractivity contribution in [3.63, 3.8) is 0 Å². The maximum absolute atomic E-state index is 12.6. The summed E-state index contributed by atoms with van der Waals surface area (Å²) in [6.45, 7) is 4.69. The molecule has 0 aromatic heterocycles. The molecule has 0 unspecified atom stereocenters. The number of aryl methyl sites for hydroxylation is 1. The van der Waals surface area contributed by atoms with Crippen molar-refractivity contribution < 1.29 is 19.5 Å². The second-order valence-corrected chi connectivity index (χ2v) is 5.33.